The number of nitrogens with zero attached hydrogens (tertiary/aromatic N) is 1. The number of aromatic amines is 1. The molecule has 37 heavy (non-hydrogen) atoms. The molecule has 0 saturated heterocycles. The Bertz CT molecular complexity index is 885. The first kappa shape index (κ1) is 31.9. The average Bonchev–Trinajstić information content (AvgIpc) is 3.36. The largest absolute Gasteiger partial charge is 0.481 e. The number of carbonyl (C=O) groups excluding carboxylic acids is 3. The normalized spacial score (nSPS) is 14.1. The van der Waals surface area contributed by atoms with Gasteiger partial charge >= 0.3 is 11.9 Å². The summed E-state index contributed by atoms with van der Waals surface area (Å²) in [6.07, 6.45) is 5.57. The Balaban J connectivity index is 2.96. The smallest absolute Gasteiger partial charge is 0.326 e. The number of imidazole rings is 1. The number of hydrogen-bond acceptors (Lipinski definition) is 9. The van der Waals surface area contributed by atoms with Gasteiger partial charge in [0.05, 0.1) is 12.4 Å². The molecule has 0 fully saturated rings. The molecule has 1 heterocycles. The summed E-state index contributed by atoms with van der Waals surface area (Å²) in [5.41, 5.74) is 12.0. The van der Waals surface area contributed by atoms with Gasteiger partial charge in [0.25, 0.3) is 0 Å². The maximum atomic E-state index is 13.1. The number of H-pyrrole nitrogens is 1. The highest BCUT2D eigenvalue weighted by atomic mass is 32.2. The third kappa shape index (κ3) is 12.6. The lowest BCUT2D eigenvalue weighted by Crippen LogP contribution is -2.57. The number of thioether (sulfide) groups is 1. The fourth-order valence-electron chi connectivity index (χ4n) is 3.34. The third-order valence-electron chi connectivity index (χ3n) is 5.42. The second-order valence-electron chi connectivity index (χ2n) is 8.41. The molecule has 0 saturated carbocycles. The number of carboxylic acids is 2. The minimum Gasteiger partial charge on any atom is -0.481 e. The van der Waals surface area contributed by atoms with Crippen molar-refractivity contribution in [1.82, 2.24) is 25.9 Å². The predicted octanol–water partition coefficient (Wildman–Crippen LogP) is -1.43. The van der Waals surface area contributed by atoms with Crippen molar-refractivity contribution in [1.29, 1.82) is 0 Å². The summed E-state index contributed by atoms with van der Waals surface area (Å²) >= 11 is 1.43. The SMILES string of the molecule is CSCCC(NC(=O)C(CCCCN)NC(=O)C(CCC(=O)O)NC(=O)C(N)Cc1cnc[nH]1)C(=O)O. The lowest BCUT2D eigenvalue weighted by molar-refractivity contribution is -0.142. The van der Waals surface area contributed by atoms with Gasteiger partial charge in [-0.3, -0.25) is 19.2 Å². The van der Waals surface area contributed by atoms with Gasteiger partial charge in [0.1, 0.15) is 18.1 Å². The van der Waals surface area contributed by atoms with E-state index in [1.165, 1.54) is 24.3 Å². The van der Waals surface area contributed by atoms with E-state index in [9.17, 15) is 29.1 Å². The van der Waals surface area contributed by atoms with Crippen LogP contribution in [0.1, 0.15) is 44.2 Å². The van der Waals surface area contributed by atoms with Gasteiger partial charge in [0.15, 0.2) is 0 Å². The molecule has 1 aromatic heterocycles. The van der Waals surface area contributed by atoms with Crippen molar-refractivity contribution in [3.8, 4) is 0 Å². The summed E-state index contributed by atoms with van der Waals surface area (Å²) in [7, 11) is 0. The molecule has 4 atom stereocenters. The van der Waals surface area contributed by atoms with Gasteiger partial charge in [-0.2, -0.15) is 11.8 Å². The Labute approximate surface area is 219 Å². The van der Waals surface area contributed by atoms with Crippen LogP contribution in [0.25, 0.3) is 0 Å². The molecule has 3 amide bonds. The maximum Gasteiger partial charge on any atom is 0.326 e. The summed E-state index contributed by atoms with van der Waals surface area (Å²) in [6, 6.07) is -4.58. The number of unbranched alkanes of at least 4 members (excludes halogenated alkanes) is 1. The van der Waals surface area contributed by atoms with Crippen molar-refractivity contribution in [2.45, 2.75) is 69.1 Å². The van der Waals surface area contributed by atoms with Gasteiger partial charge in [0, 0.05) is 24.7 Å². The average molecular weight is 544 g/mol. The van der Waals surface area contributed by atoms with Crippen molar-refractivity contribution < 1.29 is 34.2 Å². The quantitative estimate of drug-likeness (QED) is 0.0939. The molecule has 0 aliphatic carbocycles. The predicted molar refractivity (Wildman–Crippen MR) is 136 cm³/mol. The fraction of sp³-hybridized carbons (Fsp3) is 0.636. The van der Waals surface area contributed by atoms with Crippen molar-refractivity contribution in [3.63, 3.8) is 0 Å². The molecule has 1 aromatic rings. The standard InChI is InChI=1S/C22H37N7O7S/c1-37-9-7-17(22(35)36)29-20(33)15(4-2-3-8-23)28-21(34)16(5-6-18(30)31)27-19(32)14(24)10-13-11-25-12-26-13/h11-12,14-17H,2-10,23-24H2,1H3,(H,25,26)(H,27,32)(H,28,34)(H,29,33)(H,30,31)(H,35,36). The second kappa shape index (κ2) is 17.3. The highest BCUT2D eigenvalue weighted by molar-refractivity contribution is 7.98. The molecule has 10 N–H and O–H groups in total. The Hall–Kier alpha value is -3.17. The van der Waals surface area contributed by atoms with Gasteiger partial charge < -0.3 is 42.6 Å². The maximum absolute atomic E-state index is 13.1. The van der Waals surface area contributed by atoms with Crippen LogP contribution in [0.5, 0.6) is 0 Å². The number of carboxylic acid groups (broad SMARTS) is 2. The van der Waals surface area contributed by atoms with Crippen LogP contribution >= 0.6 is 11.8 Å². The van der Waals surface area contributed by atoms with Crippen molar-refractivity contribution in [3.05, 3.63) is 18.2 Å². The van der Waals surface area contributed by atoms with E-state index in [1.807, 2.05) is 6.26 Å². The first-order valence-electron chi connectivity index (χ1n) is 11.9. The molecule has 208 valence electrons. The molecule has 0 aromatic carbocycles. The number of nitrogens with one attached hydrogen (secondary N) is 4. The van der Waals surface area contributed by atoms with Crippen molar-refractivity contribution >= 4 is 41.4 Å². The monoisotopic (exact) mass is 543 g/mol. The number of aliphatic carboxylic acids is 2. The van der Waals surface area contributed by atoms with Crippen molar-refractivity contribution in [2.75, 3.05) is 18.6 Å². The van der Waals surface area contributed by atoms with Gasteiger partial charge in [-0.25, -0.2) is 9.78 Å². The van der Waals surface area contributed by atoms with Crippen molar-refractivity contribution in [2.24, 2.45) is 11.5 Å². The minimum absolute atomic E-state index is 0.107. The Morgan fingerprint density at radius 3 is 2.14 bits per heavy atom. The lowest BCUT2D eigenvalue weighted by atomic mass is 10.0. The molecule has 14 nitrogen and oxygen atoms in total. The zero-order chi connectivity index (χ0) is 27.8. The fourth-order valence-corrected chi connectivity index (χ4v) is 3.81. The highest BCUT2D eigenvalue weighted by Crippen LogP contribution is 2.07. The minimum atomic E-state index is -1.28. The zero-order valence-corrected chi connectivity index (χ0v) is 21.6. The first-order chi connectivity index (χ1) is 17.6. The number of nitrogens with two attached hydrogens (primary N) is 2. The van der Waals surface area contributed by atoms with Crippen LogP contribution in [0.4, 0.5) is 0 Å². The van der Waals surface area contributed by atoms with E-state index in [2.05, 4.69) is 25.9 Å². The van der Waals surface area contributed by atoms with E-state index in [-0.39, 0.29) is 25.7 Å². The molecule has 15 heteroatoms. The van der Waals surface area contributed by atoms with E-state index in [0.29, 0.717) is 30.8 Å². The van der Waals surface area contributed by atoms with E-state index in [4.69, 9.17) is 16.6 Å². The molecule has 0 aliphatic rings. The summed E-state index contributed by atoms with van der Waals surface area (Å²) in [6.45, 7) is 0.360. The summed E-state index contributed by atoms with van der Waals surface area (Å²) in [5, 5.41) is 26.0. The number of aromatic nitrogens is 2. The van der Waals surface area contributed by atoms with Crippen LogP contribution in [0, 0.1) is 0 Å². The lowest BCUT2D eigenvalue weighted by Gasteiger charge is -2.25. The Kier molecular flexibility index (Phi) is 14.9. The van der Waals surface area contributed by atoms with E-state index in [0.717, 1.165) is 0 Å². The second-order valence-corrected chi connectivity index (χ2v) is 9.39. The van der Waals surface area contributed by atoms with Crippen LogP contribution in [0.3, 0.4) is 0 Å². The van der Waals surface area contributed by atoms with Gasteiger partial charge in [-0.05, 0) is 50.7 Å². The van der Waals surface area contributed by atoms with Crippen LogP contribution in [0.2, 0.25) is 0 Å². The molecule has 0 bridgehead atoms. The first-order valence-corrected chi connectivity index (χ1v) is 13.3. The van der Waals surface area contributed by atoms with E-state index < -0.39 is 60.2 Å². The number of hydrogen-bond donors (Lipinski definition) is 8. The number of carbonyl (C=O) groups is 5. The highest BCUT2D eigenvalue weighted by Gasteiger charge is 2.30. The number of amides is 3. The third-order valence-corrected chi connectivity index (χ3v) is 6.06. The van der Waals surface area contributed by atoms with Gasteiger partial charge in [0.2, 0.25) is 17.7 Å². The molecule has 0 radical (unpaired) electrons. The molecule has 0 aliphatic heterocycles. The van der Waals surface area contributed by atoms with Crippen LogP contribution in [0.15, 0.2) is 12.5 Å². The summed E-state index contributed by atoms with van der Waals surface area (Å²) < 4.78 is 0. The molecule has 0 spiro atoms. The summed E-state index contributed by atoms with van der Waals surface area (Å²) in [5.74, 6) is -4.04. The number of rotatable bonds is 19. The van der Waals surface area contributed by atoms with Gasteiger partial charge in [-0.1, -0.05) is 0 Å². The Morgan fingerprint density at radius 2 is 1.59 bits per heavy atom. The van der Waals surface area contributed by atoms with E-state index in [1.54, 1.807) is 0 Å². The Morgan fingerprint density at radius 1 is 0.973 bits per heavy atom. The van der Waals surface area contributed by atoms with E-state index >= 15 is 0 Å². The molecule has 4 unspecified atom stereocenters. The molecular weight excluding hydrogens is 506 g/mol. The van der Waals surface area contributed by atoms with Crippen LogP contribution in [-0.4, -0.2) is 92.6 Å². The topological polar surface area (TPSA) is 243 Å². The van der Waals surface area contributed by atoms with Gasteiger partial charge in [-0.15, -0.1) is 0 Å². The van der Waals surface area contributed by atoms with Crippen LogP contribution < -0.4 is 27.4 Å². The zero-order valence-electron chi connectivity index (χ0n) is 20.8. The molecular formula is C22H37N7O7S. The summed E-state index contributed by atoms with van der Waals surface area (Å²) in [4.78, 5) is 67.9. The van der Waals surface area contributed by atoms with Crippen LogP contribution in [-0.2, 0) is 30.4 Å². The molecule has 1 rings (SSSR count).